The van der Waals surface area contributed by atoms with Crippen molar-refractivity contribution in [2.45, 2.75) is 104 Å². The molecule has 45 heavy (non-hydrogen) atoms. The van der Waals surface area contributed by atoms with Gasteiger partial charge in [0, 0.05) is 36.4 Å². The second-order valence-electron chi connectivity index (χ2n) is 14.6. The summed E-state index contributed by atoms with van der Waals surface area (Å²) < 4.78 is 18.5. The van der Waals surface area contributed by atoms with Crippen LogP contribution in [0, 0.1) is 13.8 Å². The van der Waals surface area contributed by atoms with Crippen molar-refractivity contribution in [1.82, 2.24) is 9.80 Å². The molecule has 2 aromatic rings. The van der Waals surface area contributed by atoms with E-state index >= 15 is 0 Å². The van der Waals surface area contributed by atoms with Gasteiger partial charge < -0.3 is 28.7 Å². The molecule has 2 saturated heterocycles. The molecule has 5 rings (SSSR count). The number of ether oxygens (including phenoxy) is 1. The number of nitrogens with zero attached hydrogens (tertiary/aromatic N) is 4. The van der Waals surface area contributed by atoms with Crippen LogP contribution in [-0.2, 0) is 18.8 Å². The van der Waals surface area contributed by atoms with Gasteiger partial charge in [-0.15, -0.1) is 0 Å². The number of carbonyl (C=O) groups is 2. The van der Waals surface area contributed by atoms with Crippen molar-refractivity contribution in [2.75, 3.05) is 25.0 Å². The average Bonchev–Trinajstić information content (AvgIpc) is 3.45. The van der Waals surface area contributed by atoms with Crippen molar-refractivity contribution >= 4 is 53.9 Å². The van der Waals surface area contributed by atoms with E-state index in [2.05, 4.69) is 0 Å². The third kappa shape index (κ3) is 6.74. The number of halogens is 1. The Bertz CT molecular complexity index is 1480. The molecule has 3 aliphatic rings. The van der Waals surface area contributed by atoms with Crippen LogP contribution in [0.2, 0.25) is 5.02 Å². The summed E-state index contributed by atoms with van der Waals surface area (Å²) in [6, 6.07) is 8.84. The molecule has 2 amide bonds. The average molecular weight is 637 g/mol. The van der Waals surface area contributed by atoms with Crippen LogP contribution in [0.15, 0.2) is 35.3 Å². The lowest BCUT2D eigenvalue weighted by molar-refractivity contribution is -0.132. The SMILES string of the molecule is Cc1cc(Cl)cc(N2C=Nc3cc(C)c(B4OC(C)(C)C(C)(C)O4)cc3C2C(=O)N(C)C[C@@H]2CCCN2C(=O)OC(C)(C)C)c1. The number of rotatable bonds is 5. The largest absolute Gasteiger partial charge is 0.495 e. The highest BCUT2D eigenvalue weighted by Crippen LogP contribution is 2.41. The monoisotopic (exact) mass is 636 g/mol. The fraction of sp³-hybridized carbons (Fsp3) is 0.559. The molecule has 9 nitrogen and oxygen atoms in total. The minimum Gasteiger partial charge on any atom is -0.444 e. The van der Waals surface area contributed by atoms with Crippen LogP contribution < -0.4 is 10.4 Å². The van der Waals surface area contributed by atoms with E-state index in [-0.39, 0.29) is 18.0 Å². The van der Waals surface area contributed by atoms with E-state index in [9.17, 15) is 9.59 Å². The minimum atomic E-state index is -0.737. The molecule has 2 aromatic carbocycles. The molecule has 2 fully saturated rings. The lowest BCUT2D eigenvalue weighted by Gasteiger charge is -2.37. The van der Waals surface area contributed by atoms with Crippen LogP contribution in [0.1, 0.15) is 84.0 Å². The van der Waals surface area contributed by atoms with Gasteiger partial charge in [0.25, 0.3) is 0 Å². The topological polar surface area (TPSA) is 83.9 Å². The molecule has 0 aromatic heterocycles. The number of hydrogen-bond donors (Lipinski definition) is 0. The second-order valence-corrected chi connectivity index (χ2v) is 15.0. The van der Waals surface area contributed by atoms with Crippen molar-refractivity contribution < 1.29 is 23.6 Å². The molecule has 0 N–H and O–H groups in total. The Morgan fingerprint density at radius 2 is 1.76 bits per heavy atom. The standard InChI is InChI=1S/C34H46BClN4O5/c1-21-14-23(36)17-25(15-21)40-20-37-28-16-22(2)27(35-44-33(6,7)34(8,9)45-35)18-26(28)29(40)30(41)38(10)19-24-12-11-13-39(24)31(42)43-32(3,4)5/h14-18,20,24,29H,11-13,19H2,1-10H3/t24-,29?/m0/s1. The number of hydrogen-bond acceptors (Lipinski definition) is 7. The first kappa shape index (κ1) is 33.3. The fourth-order valence-corrected chi connectivity index (χ4v) is 6.44. The fourth-order valence-electron chi connectivity index (χ4n) is 6.16. The number of likely N-dealkylation sites (tertiary alicyclic amines) is 1. The summed E-state index contributed by atoms with van der Waals surface area (Å²) in [5, 5.41) is 0.574. The molecule has 0 aliphatic carbocycles. The molecule has 0 spiro atoms. The zero-order valence-corrected chi connectivity index (χ0v) is 29.0. The van der Waals surface area contributed by atoms with Crippen LogP contribution in [0.4, 0.5) is 16.2 Å². The summed E-state index contributed by atoms with van der Waals surface area (Å²) in [5.41, 5.74) is 3.39. The summed E-state index contributed by atoms with van der Waals surface area (Å²) >= 11 is 6.50. The van der Waals surface area contributed by atoms with Gasteiger partial charge >= 0.3 is 13.2 Å². The Labute approximate surface area is 273 Å². The zero-order valence-electron chi connectivity index (χ0n) is 28.2. The number of likely N-dealkylation sites (N-methyl/N-ethyl adjacent to an activating group) is 1. The van der Waals surface area contributed by atoms with Gasteiger partial charge in [-0.3, -0.25) is 4.79 Å². The van der Waals surface area contributed by atoms with Crippen molar-refractivity contribution in [3.63, 3.8) is 0 Å². The van der Waals surface area contributed by atoms with Gasteiger partial charge in [0.15, 0.2) is 0 Å². The third-order valence-corrected chi connectivity index (χ3v) is 9.46. The van der Waals surface area contributed by atoms with Crippen LogP contribution in [0.5, 0.6) is 0 Å². The summed E-state index contributed by atoms with van der Waals surface area (Å²) in [7, 11) is 1.20. The van der Waals surface area contributed by atoms with Gasteiger partial charge in [-0.2, -0.15) is 0 Å². The van der Waals surface area contributed by atoms with Crippen molar-refractivity contribution in [3.8, 4) is 0 Å². The van der Waals surface area contributed by atoms with E-state index in [1.54, 1.807) is 23.2 Å². The first-order valence-corrected chi connectivity index (χ1v) is 16.1. The molecule has 0 saturated carbocycles. The molecule has 3 heterocycles. The highest BCUT2D eigenvalue weighted by molar-refractivity contribution is 6.62. The molecule has 0 bridgehead atoms. The smallest absolute Gasteiger partial charge is 0.444 e. The van der Waals surface area contributed by atoms with Crippen LogP contribution in [0.25, 0.3) is 0 Å². The quantitative estimate of drug-likeness (QED) is 0.357. The Balaban J connectivity index is 1.52. The maximum Gasteiger partial charge on any atom is 0.495 e. The number of benzene rings is 2. The molecule has 11 heteroatoms. The summed E-state index contributed by atoms with van der Waals surface area (Å²) in [6.45, 7) is 18.6. The number of carbonyl (C=O) groups excluding carboxylic acids is 2. The van der Waals surface area contributed by atoms with Gasteiger partial charge in [-0.1, -0.05) is 17.7 Å². The predicted molar refractivity (Wildman–Crippen MR) is 180 cm³/mol. The van der Waals surface area contributed by atoms with Crippen molar-refractivity contribution in [2.24, 2.45) is 4.99 Å². The Kier molecular flexibility index (Phi) is 8.83. The van der Waals surface area contributed by atoms with Gasteiger partial charge in [0.2, 0.25) is 5.91 Å². The van der Waals surface area contributed by atoms with Crippen molar-refractivity contribution in [3.05, 3.63) is 52.0 Å². The number of fused-ring (bicyclic) bond motifs is 1. The normalized spacial score (nSPS) is 22.1. The van der Waals surface area contributed by atoms with E-state index in [1.165, 1.54) is 0 Å². The number of aryl methyl sites for hydroxylation is 2. The second kappa shape index (κ2) is 11.9. The van der Waals surface area contributed by atoms with Crippen LogP contribution >= 0.6 is 11.6 Å². The first-order chi connectivity index (χ1) is 20.9. The minimum absolute atomic E-state index is 0.125. The van der Waals surface area contributed by atoms with Gasteiger partial charge in [0.05, 0.1) is 29.3 Å². The number of aliphatic imine (C=N–C) groups is 1. The Hall–Kier alpha value is -3.08. The predicted octanol–water partition coefficient (Wildman–Crippen LogP) is 6.34. The number of amides is 2. The van der Waals surface area contributed by atoms with Crippen molar-refractivity contribution in [1.29, 1.82) is 0 Å². The van der Waals surface area contributed by atoms with E-state index < -0.39 is 30.0 Å². The lowest BCUT2D eigenvalue weighted by atomic mass is 9.74. The molecular weight excluding hydrogens is 591 g/mol. The summed E-state index contributed by atoms with van der Waals surface area (Å²) in [6.07, 6.45) is 3.01. The highest BCUT2D eigenvalue weighted by Gasteiger charge is 2.52. The summed E-state index contributed by atoms with van der Waals surface area (Å²) in [4.78, 5) is 37.8. The molecule has 3 aliphatic heterocycles. The van der Waals surface area contributed by atoms with Gasteiger partial charge in [-0.25, -0.2) is 9.79 Å². The third-order valence-electron chi connectivity index (χ3n) is 9.24. The molecular formula is C34H46BClN4O5. The van der Waals surface area contributed by atoms with Crippen LogP contribution in [0.3, 0.4) is 0 Å². The lowest BCUT2D eigenvalue weighted by Crippen LogP contribution is -2.49. The van der Waals surface area contributed by atoms with E-state index in [0.29, 0.717) is 23.8 Å². The van der Waals surface area contributed by atoms with E-state index in [1.807, 2.05) is 97.5 Å². The van der Waals surface area contributed by atoms with Gasteiger partial charge in [-0.05, 0) is 116 Å². The van der Waals surface area contributed by atoms with E-state index in [0.717, 1.165) is 40.7 Å². The maximum atomic E-state index is 14.6. The first-order valence-electron chi connectivity index (χ1n) is 15.7. The molecule has 2 atom stereocenters. The molecule has 242 valence electrons. The molecule has 0 radical (unpaired) electrons. The number of anilines is 1. The Morgan fingerprint density at radius 3 is 2.38 bits per heavy atom. The van der Waals surface area contributed by atoms with E-state index in [4.69, 9.17) is 30.6 Å². The van der Waals surface area contributed by atoms with Crippen LogP contribution in [-0.4, -0.2) is 78.2 Å². The highest BCUT2D eigenvalue weighted by atomic mass is 35.5. The summed E-state index contributed by atoms with van der Waals surface area (Å²) in [5.74, 6) is -0.125. The Morgan fingerprint density at radius 1 is 1.09 bits per heavy atom. The van der Waals surface area contributed by atoms with Gasteiger partial charge in [0.1, 0.15) is 11.6 Å². The zero-order chi connectivity index (χ0) is 33.1. The molecule has 1 unspecified atom stereocenters. The maximum absolute atomic E-state index is 14.6.